The van der Waals surface area contributed by atoms with Crippen molar-refractivity contribution < 1.29 is 0 Å². The van der Waals surface area contributed by atoms with E-state index in [2.05, 4.69) is 30.0 Å². The van der Waals surface area contributed by atoms with Crippen molar-refractivity contribution in [3.05, 3.63) is 57.5 Å². The lowest BCUT2D eigenvalue weighted by Gasteiger charge is -2.36. The summed E-state index contributed by atoms with van der Waals surface area (Å²) in [6, 6.07) is 5.31. The van der Waals surface area contributed by atoms with Crippen LogP contribution in [0.15, 0.2) is 29.3 Å². The van der Waals surface area contributed by atoms with Crippen LogP contribution in [0, 0.1) is 13.8 Å². The van der Waals surface area contributed by atoms with Gasteiger partial charge in [0.1, 0.15) is 12.1 Å². The zero-order chi connectivity index (χ0) is 21.4. The molecule has 0 radical (unpaired) electrons. The highest BCUT2D eigenvalue weighted by Crippen LogP contribution is 2.28. The fourth-order valence-electron chi connectivity index (χ4n) is 4.61. The van der Waals surface area contributed by atoms with E-state index in [0.29, 0.717) is 12.4 Å². The van der Waals surface area contributed by atoms with E-state index >= 15 is 0 Å². The Balaban J connectivity index is 1.22. The van der Waals surface area contributed by atoms with Crippen LogP contribution in [0.1, 0.15) is 29.1 Å². The van der Waals surface area contributed by atoms with Crippen molar-refractivity contribution in [2.45, 2.75) is 39.7 Å². The SMILES string of the molecule is Cc1cc(C)n(-c2ccc(=O)n(CCN3CCN(c4ncnc5c4CCC5)CC3)n2)n1. The highest BCUT2D eigenvalue weighted by molar-refractivity contribution is 5.50. The quantitative estimate of drug-likeness (QED) is 0.612. The summed E-state index contributed by atoms with van der Waals surface area (Å²) >= 11 is 0. The first-order valence-electron chi connectivity index (χ1n) is 11.0. The number of anilines is 1. The minimum absolute atomic E-state index is 0.0829. The van der Waals surface area contributed by atoms with Crippen LogP contribution in [0.3, 0.4) is 0 Å². The van der Waals surface area contributed by atoms with Crippen molar-refractivity contribution in [1.29, 1.82) is 0 Å². The summed E-state index contributed by atoms with van der Waals surface area (Å²) in [5.41, 5.74) is 4.42. The summed E-state index contributed by atoms with van der Waals surface area (Å²) in [6.07, 6.45) is 5.05. The second-order valence-electron chi connectivity index (χ2n) is 8.40. The average Bonchev–Trinajstić information content (AvgIpc) is 3.39. The topological polar surface area (TPSA) is 85.0 Å². The van der Waals surface area contributed by atoms with Crippen LogP contribution in [-0.2, 0) is 19.4 Å². The molecule has 9 nitrogen and oxygen atoms in total. The molecule has 0 atom stereocenters. The van der Waals surface area contributed by atoms with E-state index < -0.39 is 0 Å². The van der Waals surface area contributed by atoms with Gasteiger partial charge in [0.15, 0.2) is 5.82 Å². The lowest BCUT2D eigenvalue weighted by molar-refractivity contribution is 0.242. The molecule has 3 aromatic heterocycles. The Kier molecular flexibility index (Phi) is 5.27. The maximum atomic E-state index is 12.3. The lowest BCUT2D eigenvalue weighted by atomic mass is 10.2. The molecule has 1 aliphatic heterocycles. The third kappa shape index (κ3) is 3.97. The molecule has 1 fully saturated rings. The third-order valence-electron chi connectivity index (χ3n) is 6.23. The van der Waals surface area contributed by atoms with Crippen molar-refractivity contribution in [2.24, 2.45) is 0 Å². The van der Waals surface area contributed by atoms with E-state index in [1.165, 1.54) is 17.7 Å². The molecule has 9 heteroatoms. The Hall–Kier alpha value is -3.07. The smallest absolute Gasteiger partial charge is 0.266 e. The van der Waals surface area contributed by atoms with E-state index in [1.54, 1.807) is 27.8 Å². The van der Waals surface area contributed by atoms with Crippen LogP contribution in [-0.4, -0.2) is 67.2 Å². The normalized spacial score (nSPS) is 16.6. The van der Waals surface area contributed by atoms with Gasteiger partial charge in [-0.25, -0.2) is 19.3 Å². The minimum atomic E-state index is -0.0829. The first-order valence-corrected chi connectivity index (χ1v) is 11.0. The monoisotopic (exact) mass is 420 g/mol. The zero-order valence-corrected chi connectivity index (χ0v) is 18.2. The van der Waals surface area contributed by atoms with Gasteiger partial charge in [-0.2, -0.15) is 5.10 Å². The fourth-order valence-corrected chi connectivity index (χ4v) is 4.61. The number of nitrogens with zero attached hydrogens (tertiary/aromatic N) is 8. The van der Waals surface area contributed by atoms with Crippen LogP contribution in [0.5, 0.6) is 0 Å². The summed E-state index contributed by atoms with van der Waals surface area (Å²) in [5, 5.41) is 9.03. The van der Waals surface area contributed by atoms with Crippen LogP contribution in [0.25, 0.3) is 5.82 Å². The number of aryl methyl sites for hydroxylation is 3. The highest BCUT2D eigenvalue weighted by atomic mass is 16.1. The van der Waals surface area contributed by atoms with Crippen molar-refractivity contribution in [1.82, 2.24) is 34.4 Å². The van der Waals surface area contributed by atoms with Gasteiger partial charge in [0.2, 0.25) is 0 Å². The summed E-state index contributed by atoms with van der Waals surface area (Å²) in [5.74, 6) is 1.80. The molecule has 5 rings (SSSR count). The van der Waals surface area contributed by atoms with Crippen LogP contribution >= 0.6 is 0 Å². The van der Waals surface area contributed by atoms with E-state index in [1.807, 2.05) is 19.9 Å². The van der Waals surface area contributed by atoms with Gasteiger partial charge in [-0.3, -0.25) is 9.69 Å². The third-order valence-corrected chi connectivity index (χ3v) is 6.23. The molecule has 0 unspecified atom stereocenters. The maximum Gasteiger partial charge on any atom is 0.266 e. The van der Waals surface area contributed by atoms with E-state index in [4.69, 9.17) is 0 Å². The highest BCUT2D eigenvalue weighted by Gasteiger charge is 2.24. The van der Waals surface area contributed by atoms with Gasteiger partial charge in [0, 0.05) is 55.7 Å². The molecule has 2 aliphatic rings. The Morgan fingerprint density at radius 2 is 1.81 bits per heavy atom. The molecule has 1 aliphatic carbocycles. The molecule has 0 bridgehead atoms. The first kappa shape index (κ1) is 19.9. The molecule has 4 heterocycles. The predicted octanol–water partition coefficient (Wildman–Crippen LogP) is 1.15. The molecular weight excluding hydrogens is 392 g/mol. The van der Waals surface area contributed by atoms with Crippen LogP contribution < -0.4 is 10.5 Å². The van der Waals surface area contributed by atoms with Crippen molar-refractivity contribution in [3.63, 3.8) is 0 Å². The molecule has 162 valence electrons. The van der Waals surface area contributed by atoms with Crippen molar-refractivity contribution in [2.75, 3.05) is 37.6 Å². The molecule has 0 amide bonds. The van der Waals surface area contributed by atoms with Gasteiger partial charge < -0.3 is 4.90 Å². The van der Waals surface area contributed by atoms with Gasteiger partial charge in [-0.15, -0.1) is 5.10 Å². The van der Waals surface area contributed by atoms with E-state index in [-0.39, 0.29) is 5.56 Å². The molecule has 0 N–H and O–H groups in total. The van der Waals surface area contributed by atoms with E-state index in [0.717, 1.165) is 62.8 Å². The van der Waals surface area contributed by atoms with Crippen LogP contribution in [0.4, 0.5) is 5.82 Å². The Bertz CT molecular complexity index is 1140. The fraction of sp³-hybridized carbons (Fsp3) is 0.500. The summed E-state index contributed by atoms with van der Waals surface area (Å²) in [7, 11) is 0. The molecule has 0 spiro atoms. The second kappa shape index (κ2) is 8.22. The molecule has 3 aromatic rings. The summed E-state index contributed by atoms with van der Waals surface area (Å²) < 4.78 is 3.33. The van der Waals surface area contributed by atoms with E-state index in [9.17, 15) is 4.79 Å². The Morgan fingerprint density at radius 1 is 0.968 bits per heavy atom. The molecule has 1 saturated heterocycles. The molecule has 0 aromatic carbocycles. The van der Waals surface area contributed by atoms with Gasteiger partial charge in [0.25, 0.3) is 5.56 Å². The van der Waals surface area contributed by atoms with Crippen molar-refractivity contribution in [3.8, 4) is 5.82 Å². The largest absolute Gasteiger partial charge is 0.354 e. The predicted molar refractivity (Wildman–Crippen MR) is 118 cm³/mol. The lowest BCUT2D eigenvalue weighted by Crippen LogP contribution is -2.48. The maximum absolute atomic E-state index is 12.3. The number of rotatable bonds is 5. The van der Waals surface area contributed by atoms with Gasteiger partial charge >= 0.3 is 0 Å². The van der Waals surface area contributed by atoms with Gasteiger partial charge in [-0.1, -0.05) is 0 Å². The van der Waals surface area contributed by atoms with Crippen LogP contribution in [0.2, 0.25) is 0 Å². The zero-order valence-electron chi connectivity index (χ0n) is 18.2. The Labute approximate surface area is 181 Å². The summed E-state index contributed by atoms with van der Waals surface area (Å²) in [6.45, 7) is 9.08. The minimum Gasteiger partial charge on any atom is -0.354 e. The first-order chi connectivity index (χ1) is 15.1. The number of fused-ring (bicyclic) bond motifs is 1. The summed E-state index contributed by atoms with van der Waals surface area (Å²) in [4.78, 5) is 26.1. The van der Waals surface area contributed by atoms with Gasteiger partial charge in [0.05, 0.1) is 12.2 Å². The average molecular weight is 421 g/mol. The number of hydrogen-bond acceptors (Lipinski definition) is 7. The standard InChI is InChI=1S/C22H28N8O/c1-16-14-17(2)30(25-16)20-6-7-21(31)29(26-20)13-10-27-8-11-28(12-9-27)22-18-4-3-5-19(18)23-15-24-22/h6-7,14-15H,3-5,8-13H2,1-2H3. The second-order valence-corrected chi connectivity index (χ2v) is 8.40. The number of hydrogen-bond donors (Lipinski definition) is 0. The Morgan fingerprint density at radius 3 is 2.58 bits per heavy atom. The molecular formula is C22H28N8O. The number of aromatic nitrogens is 6. The van der Waals surface area contributed by atoms with Gasteiger partial charge in [-0.05, 0) is 45.2 Å². The molecule has 31 heavy (non-hydrogen) atoms. The molecule has 0 saturated carbocycles. The van der Waals surface area contributed by atoms with Crippen molar-refractivity contribution >= 4 is 5.82 Å². The number of piperazine rings is 1.